The van der Waals surface area contributed by atoms with E-state index in [4.69, 9.17) is 25.7 Å². The van der Waals surface area contributed by atoms with E-state index in [2.05, 4.69) is 4.98 Å². The van der Waals surface area contributed by atoms with Gasteiger partial charge in [-0.1, -0.05) is 35.9 Å². The molecular weight excluding hydrogens is 402 g/mol. The minimum absolute atomic E-state index is 0.148. The zero-order chi connectivity index (χ0) is 20.5. The number of ether oxygens (including phenoxy) is 1. The number of H-pyrrole nitrogens is 1. The topological polar surface area (TPSA) is 71.4 Å². The van der Waals surface area contributed by atoms with E-state index in [-0.39, 0.29) is 23.5 Å². The number of rotatable bonds is 4. The average molecular weight is 422 g/mol. The highest BCUT2D eigenvalue weighted by atomic mass is 35.5. The molecule has 1 aliphatic heterocycles. The number of piperidine rings is 1. The smallest absolute Gasteiger partial charge is 0.290 e. The van der Waals surface area contributed by atoms with Crippen LogP contribution in [0.4, 0.5) is 0 Å². The number of benzene rings is 2. The predicted molar refractivity (Wildman–Crippen MR) is 114 cm³/mol. The lowest BCUT2D eigenvalue weighted by atomic mass is 9.97. The molecule has 5 rings (SSSR count). The van der Waals surface area contributed by atoms with Gasteiger partial charge in [0.15, 0.2) is 5.76 Å². The monoisotopic (exact) mass is 421 g/mol. The number of nitrogens with one attached hydrogen (secondary N) is 1. The molecule has 2 aromatic carbocycles. The Bertz CT molecular complexity index is 1170. The highest BCUT2D eigenvalue weighted by Gasteiger charge is 2.29. The normalized spacial score (nSPS) is 16.7. The van der Waals surface area contributed by atoms with Gasteiger partial charge in [-0.3, -0.25) is 4.79 Å². The van der Waals surface area contributed by atoms with Crippen LogP contribution in [0.2, 0.25) is 5.02 Å². The van der Waals surface area contributed by atoms with Crippen LogP contribution in [0.15, 0.2) is 65.1 Å². The van der Waals surface area contributed by atoms with Crippen molar-refractivity contribution in [2.75, 3.05) is 13.1 Å². The van der Waals surface area contributed by atoms with Gasteiger partial charge in [-0.2, -0.15) is 0 Å². The van der Waals surface area contributed by atoms with Gasteiger partial charge in [0.25, 0.3) is 11.9 Å². The summed E-state index contributed by atoms with van der Waals surface area (Å²) in [5.74, 6) is 1.92. The third-order valence-corrected chi connectivity index (χ3v) is 5.65. The van der Waals surface area contributed by atoms with Crippen LogP contribution < -0.4 is 4.74 Å². The summed E-state index contributed by atoms with van der Waals surface area (Å²) in [6, 6.07) is 18.4. The second-order valence-corrected chi connectivity index (χ2v) is 7.79. The summed E-state index contributed by atoms with van der Waals surface area (Å²) in [5, 5.41) is 0.478. The van der Waals surface area contributed by atoms with Crippen molar-refractivity contribution in [3.05, 3.63) is 77.3 Å². The van der Waals surface area contributed by atoms with Crippen molar-refractivity contribution in [1.29, 1.82) is 0 Å². The first-order valence-corrected chi connectivity index (χ1v) is 10.3. The van der Waals surface area contributed by atoms with Crippen LogP contribution in [0.1, 0.15) is 35.1 Å². The number of likely N-dealkylation sites (tertiary alicyclic amines) is 1. The molecule has 1 aliphatic rings. The van der Waals surface area contributed by atoms with Gasteiger partial charge in [0.05, 0.1) is 16.1 Å². The van der Waals surface area contributed by atoms with Gasteiger partial charge in [-0.05, 0) is 43.2 Å². The highest BCUT2D eigenvalue weighted by Crippen LogP contribution is 2.31. The molecule has 7 heteroatoms. The van der Waals surface area contributed by atoms with Gasteiger partial charge in [0.1, 0.15) is 11.6 Å². The number of nitrogens with zero attached hydrogens (tertiary/aromatic N) is 2. The largest absolute Gasteiger partial charge is 0.424 e. The SMILES string of the molecule is O=C(c1ccc(Oc2ccccc2Cl)o1)N1CCCC(c2nc3ccccc3[nH]2)C1. The Morgan fingerprint density at radius 2 is 1.97 bits per heavy atom. The fraction of sp³-hybridized carbons (Fsp3) is 0.217. The fourth-order valence-electron chi connectivity index (χ4n) is 3.83. The van der Waals surface area contributed by atoms with Gasteiger partial charge in [0.2, 0.25) is 0 Å². The third-order valence-electron chi connectivity index (χ3n) is 5.34. The van der Waals surface area contributed by atoms with E-state index >= 15 is 0 Å². The molecule has 0 radical (unpaired) electrons. The van der Waals surface area contributed by atoms with Crippen molar-refractivity contribution >= 4 is 28.5 Å². The third kappa shape index (κ3) is 3.66. The molecule has 1 fully saturated rings. The molecule has 1 amide bonds. The molecule has 30 heavy (non-hydrogen) atoms. The van der Waals surface area contributed by atoms with Crippen LogP contribution in [0, 0.1) is 0 Å². The number of fused-ring (bicyclic) bond motifs is 1. The van der Waals surface area contributed by atoms with Crippen molar-refractivity contribution in [3.63, 3.8) is 0 Å². The molecule has 1 atom stereocenters. The Kier molecular flexibility index (Phi) is 4.93. The van der Waals surface area contributed by atoms with E-state index in [1.807, 2.05) is 41.3 Å². The number of carbonyl (C=O) groups is 1. The molecule has 152 valence electrons. The predicted octanol–water partition coefficient (Wildman–Crippen LogP) is 5.62. The van der Waals surface area contributed by atoms with Crippen molar-refractivity contribution in [3.8, 4) is 11.7 Å². The van der Waals surface area contributed by atoms with Crippen LogP contribution in [-0.4, -0.2) is 33.9 Å². The zero-order valence-electron chi connectivity index (χ0n) is 16.2. The summed E-state index contributed by atoms with van der Waals surface area (Å²) in [6.07, 6.45) is 1.90. The van der Waals surface area contributed by atoms with E-state index in [1.165, 1.54) is 0 Å². The van der Waals surface area contributed by atoms with Crippen LogP contribution >= 0.6 is 11.6 Å². The highest BCUT2D eigenvalue weighted by molar-refractivity contribution is 6.32. The number of hydrogen-bond acceptors (Lipinski definition) is 4. The van der Waals surface area contributed by atoms with Crippen LogP contribution in [0.5, 0.6) is 11.7 Å². The first-order chi connectivity index (χ1) is 14.7. The van der Waals surface area contributed by atoms with Crippen molar-refractivity contribution in [1.82, 2.24) is 14.9 Å². The van der Waals surface area contributed by atoms with Crippen molar-refractivity contribution in [2.24, 2.45) is 0 Å². The maximum absolute atomic E-state index is 13.0. The van der Waals surface area contributed by atoms with Gasteiger partial charge >= 0.3 is 0 Å². The number of amides is 1. The number of furan rings is 1. The molecule has 4 aromatic rings. The summed E-state index contributed by atoms with van der Waals surface area (Å²) < 4.78 is 11.3. The molecule has 0 saturated carbocycles. The van der Waals surface area contributed by atoms with Crippen LogP contribution in [-0.2, 0) is 0 Å². The molecule has 3 heterocycles. The second kappa shape index (κ2) is 7.88. The Labute approximate surface area is 178 Å². The maximum Gasteiger partial charge on any atom is 0.290 e. The first kappa shape index (κ1) is 18.8. The van der Waals surface area contributed by atoms with E-state index < -0.39 is 0 Å². The quantitative estimate of drug-likeness (QED) is 0.464. The summed E-state index contributed by atoms with van der Waals surface area (Å²) >= 11 is 6.12. The molecule has 0 bridgehead atoms. The summed E-state index contributed by atoms with van der Waals surface area (Å²) in [4.78, 5) is 22.9. The number of hydrogen-bond donors (Lipinski definition) is 1. The summed E-state index contributed by atoms with van der Waals surface area (Å²) in [5.41, 5.74) is 1.96. The van der Waals surface area contributed by atoms with E-state index in [0.29, 0.717) is 23.9 Å². The van der Waals surface area contributed by atoms with E-state index in [1.54, 1.807) is 24.3 Å². The lowest BCUT2D eigenvalue weighted by Gasteiger charge is -2.31. The van der Waals surface area contributed by atoms with Crippen molar-refractivity contribution in [2.45, 2.75) is 18.8 Å². The number of halogens is 1. The molecule has 6 nitrogen and oxygen atoms in total. The standard InChI is InChI=1S/C23H20ClN3O3/c24-16-7-1-4-10-19(16)29-21-12-11-20(30-21)23(28)27-13-5-6-15(14-27)22-25-17-8-2-3-9-18(17)26-22/h1-4,7-12,15H,5-6,13-14H2,(H,25,26). The maximum atomic E-state index is 13.0. The minimum atomic E-state index is -0.148. The van der Waals surface area contributed by atoms with E-state index in [0.717, 1.165) is 29.7 Å². The van der Waals surface area contributed by atoms with Gasteiger partial charge in [-0.15, -0.1) is 0 Å². The van der Waals surface area contributed by atoms with E-state index in [9.17, 15) is 4.79 Å². The molecule has 1 unspecified atom stereocenters. The van der Waals surface area contributed by atoms with Gasteiger partial charge in [0, 0.05) is 25.1 Å². The Morgan fingerprint density at radius 1 is 1.13 bits per heavy atom. The Balaban J connectivity index is 1.30. The number of aromatic amines is 1. The van der Waals surface area contributed by atoms with Crippen LogP contribution in [0.25, 0.3) is 11.0 Å². The molecule has 1 N–H and O–H groups in total. The number of imidazole rings is 1. The summed E-state index contributed by atoms with van der Waals surface area (Å²) in [7, 11) is 0. The molecule has 0 spiro atoms. The lowest BCUT2D eigenvalue weighted by Crippen LogP contribution is -2.39. The Morgan fingerprint density at radius 3 is 2.83 bits per heavy atom. The number of aromatic nitrogens is 2. The van der Waals surface area contributed by atoms with Crippen molar-refractivity contribution < 1.29 is 13.9 Å². The van der Waals surface area contributed by atoms with Crippen LogP contribution in [0.3, 0.4) is 0 Å². The average Bonchev–Trinajstić information content (AvgIpc) is 3.42. The number of carbonyl (C=O) groups excluding carboxylic acids is 1. The molecule has 1 saturated heterocycles. The fourth-order valence-corrected chi connectivity index (χ4v) is 4.01. The van der Waals surface area contributed by atoms with Gasteiger partial charge < -0.3 is 19.0 Å². The number of para-hydroxylation sites is 3. The lowest BCUT2D eigenvalue weighted by molar-refractivity contribution is 0.0668. The first-order valence-electron chi connectivity index (χ1n) is 9.93. The Hall–Kier alpha value is -3.25. The molecule has 2 aromatic heterocycles. The second-order valence-electron chi connectivity index (χ2n) is 7.38. The molecule has 0 aliphatic carbocycles. The zero-order valence-corrected chi connectivity index (χ0v) is 16.9. The minimum Gasteiger partial charge on any atom is -0.424 e. The molecular formula is C23H20ClN3O3. The summed E-state index contributed by atoms with van der Waals surface area (Å²) in [6.45, 7) is 1.29. The van der Waals surface area contributed by atoms with Gasteiger partial charge in [-0.25, -0.2) is 4.98 Å².